The lowest BCUT2D eigenvalue weighted by Crippen LogP contribution is -2.32. The van der Waals surface area contributed by atoms with Crippen molar-refractivity contribution in [2.45, 2.75) is 39.6 Å². The molecule has 0 saturated heterocycles. The molecule has 0 bridgehead atoms. The van der Waals surface area contributed by atoms with E-state index in [1.165, 1.54) is 27.7 Å². The number of aromatic nitrogens is 3. The van der Waals surface area contributed by atoms with Gasteiger partial charge < -0.3 is 14.4 Å². The first-order valence-corrected chi connectivity index (χ1v) is 11.1. The van der Waals surface area contributed by atoms with Crippen molar-refractivity contribution < 1.29 is 9.84 Å². The van der Waals surface area contributed by atoms with Gasteiger partial charge in [0.05, 0.1) is 19.2 Å². The number of ether oxygens (including phenoxy) is 1. The van der Waals surface area contributed by atoms with E-state index in [0.29, 0.717) is 19.7 Å². The minimum Gasteiger partial charge on any atom is -0.492 e. The number of nitrogens with zero attached hydrogens (tertiary/aromatic N) is 4. The van der Waals surface area contributed by atoms with Gasteiger partial charge in [0.25, 0.3) is 0 Å². The predicted molar refractivity (Wildman–Crippen MR) is 128 cm³/mol. The maximum Gasteiger partial charge on any atom is 0.119 e. The van der Waals surface area contributed by atoms with Crippen molar-refractivity contribution in [3.8, 4) is 5.75 Å². The fraction of sp³-hybridized carbons (Fsp3) is 0.346. The van der Waals surface area contributed by atoms with Crippen molar-refractivity contribution in [2.24, 2.45) is 0 Å². The van der Waals surface area contributed by atoms with E-state index in [4.69, 9.17) is 4.74 Å². The van der Waals surface area contributed by atoms with Crippen molar-refractivity contribution in [2.75, 3.05) is 20.2 Å². The molecule has 4 rings (SSSR count). The van der Waals surface area contributed by atoms with E-state index in [9.17, 15) is 5.11 Å². The summed E-state index contributed by atoms with van der Waals surface area (Å²) in [7, 11) is 2.05. The summed E-state index contributed by atoms with van der Waals surface area (Å²) >= 11 is 0. The van der Waals surface area contributed by atoms with Gasteiger partial charge in [-0.25, -0.2) is 0 Å². The molecular weight excluding hydrogens is 400 g/mol. The van der Waals surface area contributed by atoms with Crippen molar-refractivity contribution in [1.29, 1.82) is 0 Å². The third-order valence-electron chi connectivity index (χ3n) is 5.99. The number of rotatable bonds is 10. The number of aliphatic hydroxyl groups is 1. The Bertz CT molecular complexity index is 1130. The molecule has 6 heteroatoms. The number of hydrogen-bond acceptors (Lipinski definition) is 4. The highest BCUT2D eigenvalue weighted by Crippen LogP contribution is 2.25. The Morgan fingerprint density at radius 2 is 1.84 bits per heavy atom. The topological polar surface area (TPSA) is 55.4 Å². The number of benzene rings is 2. The van der Waals surface area contributed by atoms with E-state index in [-0.39, 0.29) is 0 Å². The van der Waals surface area contributed by atoms with E-state index >= 15 is 0 Å². The van der Waals surface area contributed by atoms with E-state index in [0.717, 1.165) is 18.8 Å². The van der Waals surface area contributed by atoms with Crippen molar-refractivity contribution >= 4 is 10.9 Å². The number of aliphatic hydroxyl groups excluding tert-OH is 1. The second kappa shape index (κ2) is 10.0. The quantitative estimate of drug-likeness (QED) is 0.411. The number of hydrogen-bond donors (Lipinski definition) is 1. The summed E-state index contributed by atoms with van der Waals surface area (Å²) in [5.74, 6) is 0.855. The van der Waals surface area contributed by atoms with Crippen LogP contribution < -0.4 is 4.74 Å². The van der Waals surface area contributed by atoms with Gasteiger partial charge in [-0.15, -0.1) is 0 Å². The molecular formula is C26H32N4O2. The largest absolute Gasteiger partial charge is 0.492 e. The first kappa shape index (κ1) is 22.1. The molecule has 6 nitrogen and oxygen atoms in total. The highest BCUT2D eigenvalue weighted by molar-refractivity contribution is 5.85. The van der Waals surface area contributed by atoms with E-state index in [2.05, 4.69) is 64.8 Å². The zero-order valence-corrected chi connectivity index (χ0v) is 19.1. The van der Waals surface area contributed by atoms with Gasteiger partial charge in [-0.3, -0.25) is 9.58 Å². The van der Waals surface area contributed by atoms with Crippen LogP contribution in [0.5, 0.6) is 5.75 Å². The summed E-state index contributed by atoms with van der Waals surface area (Å²) < 4.78 is 9.89. The maximum absolute atomic E-state index is 10.8. The fourth-order valence-electron chi connectivity index (χ4n) is 4.22. The highest BCUT2D eigenvalue weighted by Gasteiger charge is 2.15. The smallest absolute Gasteiger partial charge is 0.119 e. The van der Waals surface area contributed by atoms with Gasteiger partial charge in [0.2, 0.25) is 0 Å². The Hall–Kier alpha value is -3.09. The Kier molecular flexibility index (Phi) is 6.93. The molecule has 0 fully saturated rings. The lowest BCUT2D eigenvalue weighted by molar-refractivity contribution is 0.108. The first-order chi connectivity index (χ1) is 15.5. The van der Waals surface area contributed by atoms with Crippen LogP contribution in [0.15, 0.2) is 67.0 Å². The molecule has 2 aromatic heterocycles. The Labute approximate surface area is 189 Å². The van der Waals surface area contributed by atoms with Crippen molar-refractivity contribution in [1.82, 2.24) is 19.2 Å². The van der Waals surface area contributed by atoms with Gasteiger partial charge in [-0.05, 0) is 56.3 Å². The molecule has 168 valence electrons. The van der Waals surface area contributed by atoms with Crippen molar-refractivity contribution in [3.05, 3.63) is 83.8 Å². The second-order valence-corrected chi connectivity index (χ2v) is 8.45. The Balaban J connectivity index is 1.28. The zero-order valence-electron chi connectivity index (χ0n) is 19.1. The standard InChI is InChI=1S/C26H32N4O2/c1-20-21(2)30(26-8-5-4-7-25(20)26)19-23(31)18-28(3)17-22-9-11-24(12-10-22)32-16-15-29-14-6-13-27-29/h4-14,23,31H,15-19H2,1-3H3/t23-/m0/s1. The summed E-state index contributed by atoms with van der Waals surface area (Å²) in [5.41, 5.74) is 4.88. The number of aryl methyl sites for hydroxylation is 1. The Morgan fingerprint density at radius 3 is 2.59 bits per heavy atom. The molecule has 32 heavy (non-hydrogen) atoms. The minimum atomic E-state index is -0.446. The summed E-state index contributed by atoms with van der Waals surface area (Å²) in [6.07, 6.45) is 3.25. The molecule has 0 aliphatic rings. The van der Waals surface area contributed by atoms with Crippen LogP contribution in [-0.4, -0.2) is 50.7 Å². The summed E-state index contributed by atoms with van der Waals surface area (Å²) in [5, 5.41) is 16.2. The molecule has 1 atom stereocenters. The van der Waals surface area contributed by atoms with Crippen LogP contribution in [0.2, 0.25) is 0 Å². The molecule has 0 aliphatic heterocycles. The second-order valence-electron chi connectivity index (χ2n) is 8.45. The van der Waals surface area contributed by atoms with Crippen LogP contribution in [-0.2, 0) is 19.6 Å². The normalized spacial score (nSPS) is 12.5. The van der Waals surface area contributed by atoms with Crippen LogP contribution in [0.4, 0.5) is 0 Å². The van der Waals surface area contributed by atoms with Gasteiger partial charge in [0.15, 0.2) is 0 Å². The molecule has 0 aliphatic carbocycles. The number of likely N-dealkylation sites (N-methyl/N-ethyl adjacent to an activating group) is 1. The summed E-state index contributed by atoms with van der Waals surface area (Å²) in [6, 6.07) is 18.5. The highest BCUT2D eigenvalue weighted by atomic mass is 16.5. The Morgan fingerprint density at radius 1 is 1.06 bits per heavy atom. The SMILES string of the molecule is Cc1c(C)n(C[C@@H](O)CN(C)Cc2ccc(OCCn3cccn3)cc2)c2ccccc12. The van der Waals surface area contributed by atoms with Crippen LogP contribution >= 0.6 is 0 Å². The monoisotopic (exact) mass is 432 g/mol. The molecule has 2 aromatic carbocycles. The lowest BCUT2D eigenvalue weighted by atomic mass is 10.2. The molecule has 4 aromatic rings. The van der Waals surface area contributed by atoms with Gasteiger partial charge in [-0.1, -0.05) is 30.3 Å². The zero-order chi connectivity index (χ0) is 22.5. The molecule has 0 radical (unpaired) electrons. The van der Waals surface area contributed by atoms with Crippen LogP contribution in [0.25, 0.3) is 10.9 Å². The number of fused-ring (bicyclic) bond motifs is 1. The van der Waals surface area contributed by atoms with Crippen LogP contribution in [0.3, 0.4) is 0 Å². The molecule has 1 N–H and O–H groups in total. The van der Waals surface area contributed by atoms with E-state index in [1.807, 2.05) is 36.1 Å². The third kappa shape index (κ3) is 5.21. The van der Waals surface area contributed by atoms with E-state index in [1.54, 1.807) is 6.20 Å². The molecule has 0 unspecified atom stereocenters. The minimum absolute atomic E-state index is 0.446. The van der Waals surface area contributed by atoms with Crippen LogP contribution in [0.1, 0.15) is 16.8 Å². The molecule has 0 amide bonds. The maximum atomic E-state index is 10.8. The van der Waals surface area contributed by atoms with Crippen LogP contribution in [0, 0.1) is 13.8 Å². The lowest BCUT2D eigenvalue weighted by Gasteiger charge is -2.22. The van der Waals surface area contributed by atoms with Crippen molar-refractivity contribution in [3.63, 3.8) is 0 Å². The van der Waals surface area contributed by atoms with E-state index < -0.39 is 6.10 Å². The average Bonchev–Trinajstić information content (AvgIpc) is 3.38. The summed E-state index contributed by atoms with van der Waals surface area (Å²) in [6.45, 7) is 7.56. The van der Waals surface area contributed by atoms with Gasteiger partial charge in [-0.2, -0.15) is 5.10 Å². The van der Waals surface area contributed by atoms with Gasteiger partial charge >= 0.3 is 0 Å². The fourth-order valence-corrected chi connectivity index (χ4v) is 4.22. The first-order valence-electron chi connectivity index (χ1n) is 11.1. The summed E-state index contributed by atoms with van der Waals surface area (Å²) in [4.78, 5) is 2.16. The predicted octanol–water partition coefficient (Wildman–Crippen LogP) is 4.03. The number of para-hydroxylation sites is 1. The molecule has 0 spiro atoms. The third-order valence-corrected chi connectivity index (χ3v) is 5.99. The van der Waals surface area contributed by atoms with Gasteiger partial charge in [0, 0.05) is 42.1 Å². The van der Waals surface area contributed by atoms with Gasteiger partial charge in [0.1, 0.15) is 12.4 Å². The molecule has 0 saturated carbocycles. The molecule has 2 heterocycles. The average molecular weight is 433 g/mol.